The summed E-state index contributed by atoms with van der Waals surface area (Å²) in [6.07, 6.45) is 2.53. The van der Waals surface area contributed by atoms with Crippen molar-refractivity contribution in [2.45, 2.75) is 25.8 Å². The lowest BCUT2D eigenvalue weighted by atomic mass is 10.0. The second kappa shape index (κ2) is 10.2. The van der Waals surface area contributed by atoms with E-state index in [1.165, 1.54) is 18.3 Å². The zero-order valence-electron chi connectivity index (χ0n) is 16.6. The molecule has 3 rings (SSSR count). The molecule has 0 bridgehead atoms. The number of methoxy groups -OCH3 is 1. The van der Waals surface area contributed by atoms with E-state index in [2.05, 4.69) is 15.6 Å². The van der Waals surface area contributed by atoms with Crippen LogP contribution in [0.1, 0.15) is 35.4 Å². The Morgan fingerprint density at radius 1 is 1.20 bits per heavy atom. The van der Waals surface area contributed by atoms with Crippen LogP contribution in [0, 0.1) is 0 Å². The third-order valence-electron chi connectivity index (χ3n) is 4.35. The van der Waals surface area contributed by atoms with Gasteiger partial charge in [-0.1, -0.05) is 35.9 Å². The number of hydrogen-bond acceptors (Lipinski definition) is 5. The molecule has 0 aliphatic rings. The van der Waals surface area contributed by atoms with Gasteiger partial charge in [-0.05, 0) is 35.4 Å². The fraction of sp³-hybridized carbons (Fsp3) is 0.227. The molecule has 0 aliphatic carbocycles. The summed E-state index contributed by atoms with van der Waals surface area (Å²) in [5, 5.41) is 6.85. The van der Waals surface area contributed by atoms with Gasteiger partial charge in [-0.15, -0.1) is 11.3 Å². The molecule has 0 spiro atoms. The molecule has 2 amide bonds. The highest BCUT2D eigenvalue weighted by molar-refractivity contribution is 7.15. The van der Waals surface area contributed by atoms with Gasteiger partial charge in [-0.2, -0.15) is 0 Å². The topological polar surface area (TPSA) is 80.3 Å². The van der Waals surface area contributed by atoms with E-state index >= 15 is 0 Å². The molecule has 6 nitrogen and oxygen atoms in total. The van der Waals surface area contributed by atoms with E-state index < -0.39 is 6.04 Å². The molecule has 156 valence electrons. The van der Waals surface area contributed by atoms with Crippen molar-refractivity contribution in [3.63, 3.8) is 0 Å². The van der Waals surface area contributed by atoms with Gasteiger partial charge in [0.15, 0.2) is 5.13 Å². The number of anilines is 1. The van der Waals surface area contributed by atoms with Gasteiger partial charge in [0.1, 0.15) is 5.75 Å². The number of amides is 2. The van der Waals surface area contributed by atoms with Crippen molar-refractivity contribution in [3.8, 4) is 5.75 Å². The molecule has 2 N–H and O–H groups in total. The second-order valence-corrected chi connectivity index (χ2v) is 8.27. The Morgan fingerprint density at radius 3 is 2.63 bits per heavy atom. The van der Waals surface area contributed by atoms with Crippen LogP contribution in [-0.2, 0) is 16.0 Å². The first-order valence-corrected chi connectivity index (χ1v) is 10.5. The highest BCUT2D eigenvalue weighted by atomic mass is 35.5. The maximum atomic E-state index is 12.6. The summed E-state index contributed by atoms with van der Waals surface area (Å²) in [5.41, 5.74) is 1.90. The van der Waals surface area contributed by atoms with Gasteiger partial charge in [0, 0.05) is 29.4 Å². The number of hydrogen-bond donors (Lipinski definition) is 2. The van der Waals surface area contributed by atoms with Crippen LogP contribution >= 0.6 is 22.9 Å². The minimum Gasteiger partial charge on any atom is -0.497 e. The lowest BCUT2D eigenvalue weighted by molar-refractivity contribution is -0.120. The number of carbonyl (C=O) groups excluding carboxylic acids is 2. The number of nitrogens with one attached hydrogen (secondary N) is 2. The van der Waals surface area contributed by atoms with E-state index in [1.807, 2.05) is 36.4 Å². The first-order valence-electron chi connectivity index (χ1n) is 9.33. The summed E-state index contributed by atoms with van der Waals surface area (Å²) in [7, 11) is 1.59. The summed E-state index contributed by atoms with van der Waals surface area (Å²) >= 11 is 7.44. The van der Waals surface area contributed by atoms with Crippen LogP contribution in [0.5, 0.6) is 5.75 Å². The van der Waals surface area contributed by atoms with Crippen molar-refractivity contribution < 1.29 is 14.3 Å². The van der Waals surface area contributed by atoms with Crippen LogP contribution in [0.25, 0.3) is 0 Å². The van der Waals surface area contributed by atoms with Crippen LogP contribution in [0.3, 0.4) is 0 Å². The smallest absolute Gasteiger partial charge is 0.228 e. The van der Waals surface area contributed by atoms with Gasteiger partial charge in [0.2, 0.25) is 11.8 Å². The van der Waals surface area contributed by atoms with Gasteiger partial charge < -0.3 is 15.4 Å². The van der Waals surface area contributed by atoms with Gasteiger partial charge in [-0.25, -0.2) is 4.98 Å². The van der Waals surface area contributed by atoms with E-state index in [0.29, 0.717) is 22.3 Å². The number of halogens is 1. The molecule has 0 fully saturated rings. The largest absolute Gasteiger partial charge is 0.497 e. The number of nitrogens with zero attached hydrogens (tertiary/aromatic N) is 1. The number of aromatic nitrogens is 1. The highest BCUT2D eigenvalue weighted by Crippen LogP contribution is 2.24. The van der Waals surface area contributed by atoms with Crippen molar-refractivity contribution in [2.24, 2.45) is 0 Å². The summed E-state index contributed by atoms with van der Waals surface area (Å²) in [4.78, 5) is 29.5. The number of benzene rings is 2. The third kappa shape index (κ3) is 6.30. The summed E-state index contributed by atoms with van der Waals surface area (Å²) in [6.45, 7) is 1.43. The maximum Gasteiger partial charge on any atom is 0.228 e. The van der Waals surface area contributed by atoms with Crippen LogP contribution in [-0.4, -0.2) is 23.9 Å². The Bertz CT molecular complexity index is 1020. The SMILES string of the molecule is COc1ccc(C(CC(=O)Nc2ncc(Cc3cccc(Cl)c3)s2)NC(C)=O)cc1. The molecule has 3 aromatic rings. The Morgan fingerprint density at radius 2 is 1.97 bits per heavy atom. The summed E-state index contributed by atoms with van der Waals surface area (Å²) in [5.74, 6) is 0.273. The van der Waals surface area contributed by atoms with Crippen LogP contribution < -0.4 is 15.4 Å². The fourth-order valence-corrected chi connectivity index (χ4v) is 4.06. The number of ether oxygens (including phenoxy) is 1. The van der Waals surface area contributed by atoms with E-state index in [4.69, 9.17) is 16.3 Å². The predicted molar refractivity (Wildman–Crippen MR) is 119 cm³/mol. The Labute approximate surface area is 184 Å². The minimum absolute atomic E-state index is 0.0924. The first kappa shape index (κ1) is 21.8. The monoisotopic (exact) mass is 443 g/mol. The molecule has 1 atom stereocenters. The quantitative estimate of drug-likeness (QED) is 0.533. The molecule has 0 radical (unpaired) electrons. The van der Waals surface area contributed by atoms with E-state index in [1.54, 1.807) is 25.4 Å². The molecule has 1 unspecified atom stereocenters. The number of carbonyl (C=O) groups is 2. The molecular formula is C22H22ClN3O3S. The standard InChI is InChI=1S/C22H22ClN3O3S/c1-14(27)25-20(16-6-8-18(29-2)9-7-16)12-21(28)26-22-24-13-19(30-22)11-15-4-3-5-17(23)10-15/h3-10,13,20H,11-12H2,1-2H3,(H,25,27)(H,24,26,28). The average Bonchev–Trinajstić information content (AvgIpc) is 3.13. The lowest BCUT2D eigenvalue weighted by Gasteiger charge is -2.18. The van der Waals surface area contributed by atoms with Crippen LogP contribution in [0.2, 0.25) is 5.02 Å². The van der Waals surface area contributed by atoms with Crippen molar-refractivity contribution in [2.75, 3.05) is 12.4 Å². The molecule has 0 saturated carbocycles. The fourth-order valence-electron chi connectivity index (χ4n) is 2.98. The Hall–Kier alpha value is -2.90. The van der Waals surface area contributed by atoms with Gasteiger partial charge in [0.25, 0.3) is 0 Å². The first-order chi connectivity index (χ1) is 14.4. The average molecular weight is 444 g/mol. The summed E-state index contributed by atoms with van der Waals surface area (Å²) < 4.78 is 5.16. The van der Waals surface area contributed by atoms with Gasteiger partial charge in [-0.3, -0.25) is 9.59 Å². The minimum atomic E-state index is -0.445. The van der Waals surface area contributed by atoms with Crippen molar-refractivity contribution in [1.29, 1.82) is 0 Å². The van der Waals surface area contributed by atoms with Crippen molar-refractivity contribution in [1.82, 2.24) is 10.3 Å². The van der Waals surface area contributed by atoms with Gasteiger partial charge in [0.05, 0.1) is 19.6 Å². The number of thiazole rings is 1. The molecule has 2 aromatic carbocycles. The zero-order valence-corrected chi connectivity index (χ0v) is 18.2. The normalized spacial score (nSPS) is 11.6. The van der Waals surface area contributed by atoms with Crippen molar-refractivity contribution >= 4 is 39.9 Å². The molecule has 1 heterocycles. The molecule has 30 heavy (non-hydrogen) atoms. The molecule has 0 saturated heterocycles. The molecule has 8 heteroatoms. The summed E-state index contributed by atoms with van der Waals surface area (Å²) in [6, 6.07) is 14.5. The second-order valence-electron chi connectivity index (χ2n) is 6.72. The van der Waals surface area contributed by atoms with E-state index in [0.717, 1.165) is 16.0 Å². The predicted octanol–water partition coefficient (Wildman–Crippen LogP) is 4.60. The number of rotatable bonds is 8. The highest BCUT2D eigenvalue weighted by Gasteiger charge is 2.18. The Kier molecular flexibility index (Phi) is 7.43. The van der Waals surface area contributed by atoms with E-state index in [9.17, 15) is 9.59 Å². The van der Waals surface area contributed by atoms with Crippen LogP contribution in [0.15, 0.2) is 54.7 Å². The van der Waals surface area contributed by atoms with Gasteiger partial charge >= 0.3 is 0 Å². The molecule has 1 aromatic heterocycles. The lowest BCUT2D eigenvalue weighted by Crippen LogP contribution is -2.29. The third-order valence-corrected chi connectivity index (χ3v) is 5.50. The van der Waals surface area contributed by atoms with E-state index in [-0.39, 0.29) is 18.2 Å². The molecular weight excluding hydrogens is 422 g/mol. The maximum absolute atomic E-state index is 12.6. The Balaban J connectivity index is 1.63. The van der Waals surface area contributed by atoms with Crippen molar-refractivity contribution in [3.05, 3.63) is 75.8 Å². The van der Waals surface area contributed by atoms with Crippen LogP contribution in [0.4, 0.5) is 5.13 Å². The molecule has 0 aliphatic heterocycles. The zero-order chi connectivity index (χ0) is 21.5.